The van der Waals surface area contributed by atoms with Gasteiger partial charge in [0, 0.05) is 0 Å². The van der Waals surface area contributed by atoms with Gasteiger partial charge >= 0.3 is 5.97 Å². The van der Waals surface area contributed by atoms with Crippen LogP contribution < -0.4 is 0 Å². The van der Waals surface area contributed by atoms with E-state index in [0.717, 1.165) is 19.3 Å². The van der Waals surface area contributed by atoms with Crippen LogP contribution in [0.25, 0.3) is 0 Å². The first kappa shape index (κ1) is 11.8. The lowest BCUT2D eigenvalue weighted by Crippen LogP contribution is -2.37. The van der Waals surface area contributed by atoms with Crippen molar-refractivity contribution in [1.82, 2.24) is 0 Å². The van der Waals surface area contributed by atoms with Crippen LogP contribution in [0.15, 0.2) is 18.2 Å². The van der Waals surface area contributed by atoms with Crippen LogP contribution in [0.5, 0.6) is 11.5 Å². The van der Waals surface area contributed by atoms with Gasteiger partial charge in [-0.15, -0.1) is 0 Å². The van der Waals surface area contributed by atoms with Gasteiger partial charge < -0.3 is 15.3 Å². The number of rotatable bonds is 2. The second kappa shape index (κ2) is 4.28. The van der Waals surface area contributed by atoms with E-state index in [0.29, 0.717) is 12.8 Å². The van der Waals surface area contributed by atoms with Gasteiger partial charge in [-0.3, -0.25) is 4.79 Å². The van der Waals surface area contributed by atoms with E-state index >= 15 is 0 Å². The highest BCUT2D eigenvalue weighted by atomic mass is 16.4. The quantitative estimate of drug-likeness (QED) is 0.736. The van der Waals surface area contributed by atoms with Crippen LogP contribution in [0.4, 0.5) is 0 Å². The van der Waals surface area contributed by atoms with Crippen molar-refractivity contribution >= 4 is 5.97 Å². The second-order valence-corrected chi connectivity index (χ2v) is 4.62. The molecule has 0 unspecified atom stereocenters. The lowest BCUT2D eigenvalue weighted by Gasteiger charge is -2.34. The summed E-state index contributed by atoms with van der Waals surface area (Å²) in [5.74, 6) is -1.22. The molecule has 0 atom stereocenters. The molecule has 4 nitrogen and oxygen atoms in total. The summed E-state index contributed by atoms with van der Waals surface area (Å²) in [7, 11) is 0. The van der Waals surface area contributed by atoms with Crippen molar-refractivity contribution in [3.05, 3.63) is 23.8 Å². The molecule has 3 N–H and O–H groups in total. The average Bonchev–Trinajstić information content (AvgIpc) is 2.29. The first-order valence-electron chi connectivity index (χ1n) is 5.83. The van der Waals surface area contributed by atoms with Crippen molar-refractivity contribution in [2.24, 2.45) is 0 Å². The molecule has 0 aromatic heterocycles. The van der Waals surface area contributed by atoms with E-state index in [9.17, 15) is 20.1 Å². The summed E-state index contributed by atoms with van der Waals surface area (Å²) < 4.78 is 0. The Morgan fingerprint density at radius 3 is 2.06 bits per heavy atom. The van der Waals surface area contributed by atoms with Crippen molar-refractivity contribution in [3.63, 3.8) is 0 Å². The molecule has 2 rings (SSSR count). The number of aliphatic carboxylic acids is 1. The largest absolute Gasteiger partial charge is 0.507 e. The lowest BCUT2D eigenvalue weighted by atomic mass is 9.69. The number of hydrogen-bond acceptors (Lipinski definition) is 3. The third kappa shape index (κ3) is 1.84. The smallest absolute Gasteiger partial charge is 0.314 e. The van der Waals surface area contributed by atoms with Crippen LogP contribution in [0.2, 0.25) is 0 Å². The molecule has 0 spiro atoms. The van der Waals surface area contributed by atoms with Gasteiger partial charge in [0.25, 0.3) is 0 Å². The molecule has 1 saturated carbocycles. The van der Waals surface area contributed by atoms with E-state index in [-0.39, 0.29) is 17.1 Å². The molecule has 0 saturated heterocycles. The molecule has 0 heterocycles. The maximum absolute atomic E-state index is 11.6. The van der Waals surface area contributed by atoms with Crippen LogP contribution in [0.1, 0.15) is 37.7 Å². The summed E-state index contributed by atoms with van der Waals surface area (Å²) in [6.07, 6.45) is 3.55. The normalized spacial score (nSPS) is 18.8. The molecular weight excluding hydrogens is 220 g/mol. The van der Waals surface area contributed by atoms with Gasteiger partial charge in [0.15, 0.2) is 0 Å². The van der Waals surface area contributed by atoms with E-state index in [1.165, 1.54) is 18.2 Å². The minimum Gasteiger partial charge on any atom is -0.507 e. The molecule has 1 aromatic carbocycles. The summed E-state index contributed by atoms with van der Waals surface area (Å²) in [5.41, 5.74) is -0.958. The molecule has 0 radical (unpaired) electrons. The summed E-state index contributed by atoms with van der Waals surface area (Å²) >= 11 is 0. The first-order valence-corrected chi connectivity index (χ1v) is 5.83. The Morgan fingerprint density at radius 1 is 1.06 bits per heavy atom. The fourth-order valence-electron chi connectivity index (χ4n) is 2.74. The summed E-state index contributed by atoms with van der Waals surface area (Å²) in [6, 6.07) is 4.36. The Bertz CT molecular complexity index is 413. The molecule has 17 heavy (non-hydrogen) atoms. The number of hydrogen-bond donors (Lipinski definition) is 3. The number of carboxylic acid groups (broad SMARTS) is 1. The maximum Gasteiger partial charge on any atom is 0.314 e. The second-order valence-electron chi connectivity index (χ2n) is 4.62. The SMILES string of the molecule is O=C(O)C1(c2c(O)cccc2O)CCCCC1. The lowest BCUT2D eigenvalue weighted by molar-refractivity contribution is -0.145. The number of benzene rings is 1. The minimum absolute atomic E-state index is 0.130. The van der Waals surface area contributed by atoms with Gasteiger partial charge in [0.05, 0.1) is 11.0 Å². The number of carbonyl (C=O) groups is 1. The van der Waals surface area contributed by atoms with Crippen LogP contribution >= 0.6 is 0 Å². The Morgan fingerprint density at radius 2 is 1.59 bits per heavy atom. The van der Waals surface area contributed by atoms with Crippen LogP contribution in [-0.4, -0.2) is 21.3 Å². The van der Waals surface area contributed by atoms with Crippen molar-refractivity contribution in [2.45, 2.75) is 37.5 Å². The molecule has 1 fully saturated rings. The Labute approximate surface area is 99.5 Å². The Balaban J connectivity index is 2.56. The summed E-state index contributed by atoms with van der Waals surface area (Å²) in [6.45, 7) is 0. The fraction of sp³-hybridized carbons (Fsp3) is 0.462. The molecule has 1 aliphatic carbocycles. The minimum atomic E-state index is -1.13. The molecule has 0 aliphatic heterocycles. The number of carboxylic acids is 1. The Hall–Kier alpha value is -1.71. The van der Waals surface area contributed by atoms with Gasteiger partial charge in [-0.2, -0.15) is 0 Å². The van der Waals surface area contributed by atoms with Gasteiger partial charge in [0.1, 0.15) is 11.5 Å². The van der Waals surface area contributed by atoms with Crippen molar-refractivity contribution in [1.29, 1.82) is 0 Å². The maximum atomic E-state index is 11.6. The molecule has 4 heteroatoms. The van der Waals surface area contributed by atoms with E-state index in [4.69, 9.17) is 0 Å². The van der Waals surface area contributed by atoms with Crippen molar-refractivity contribution in [3.8, 4) is 11.5 Å². The predicted molar refractivity (Wildman–Crippen MR) is 62.2 cm³/mol. The van der Waals surface area contributed by atoms with Crippen molar-refractivity contribution < 1.29 is 20.1 Å². The zero-order valence-electron chi connectivity index (χ0n) is 9.52. The van der Waals surface area contributed by atoms with Crippen molar-refractivity contribution in [2.75, 3.05) is 0 Å². The standard InChI is InChI=1S/C13H16O4/c14-9-5-4-6-10(15)11(9)13(12(16)17)7-2-1-3-8-13/h4-6,14-15H,1-3,7-8H2,(H,16,17). The molecule has 0 amide bonds. The molecule has 92 valence electrons. The fourth-order valence-corrected chi connectivity index (χ4v) is 2.74. The third-order valence-electron chi connectivity index (χ3n) is 3.62. The highest BCUT2D eigenvalue weighted by molar-refractivity contribution is 5.83. The third-order valence-corrected chi connectivity index (χ3v) is 3.62. The van der Waals surface area contributed by atoms with E-state index in [2.05, 4.69) is 0 Å². The molecular formula is C13H16O4. The average molecular weight is 236 g/mol. The Kier molecular flexibility index (Phi) is 2.96. The van der Waals surface area contributed by atoms with E-state index in [1.807, 2.05) is 0 Å². The molecule has 1 aliphatic rings. The van der Waals surface area contributed by atoms with Crippen LogP contribution in [0, 0.1) is 0 Å². The number of phenols is 2. The zero-order chi connectivity index (χ0) is 12.5. The number of aromatic hydroxyl groups is 2. The highest BCUT2D eigenvalue weighted by Gasteiger charge is 2.44. The zero-order valence-corrected chi connectivity index (χ0v) is 9.52. The highest BCUT2D eigenvalue weighted by Crippen LogP contribution is 2.46. The van der Waals surface area contributed by atoms with Gasteiger partial charge in [-0.1, -0.05) is 25.3 Å². The van der Waals surface area contributed by atoms with Gasteiger partial charge in [-0.05, 0) is 25.0 Å². The van der Waals surface area contributed by atoms with Crippen LogP contribution in [0.3, 0.4) is 0 Å². The topological polar surface area (TPSA) is 77.8 Å². The number of phenolic OH excluding ortho intramolecular Hbond substituents is 2. The monoisotopic (exact) mass is 236 g/mol. The summed E-state index contributed by atoms with van der Waals surface area (Å²) in [5, 5.41) is 29.1. The molecule has 1 aromatic rings. The van der Waals surface area contributed by atoms with Gasteiger partial charge in [0.2, 0.25) is 0 Å². The van der Waals surface area contributed by atoms with Crippen LogP contribution in [-0.2, 0) is 10.2 Å². The first-order chi connectivity index (χ1) is 8.08. The van der Waals surface area contributed by atoms with Gasteiger partial charge in [-0.25, -0.2) is 0 Å². The summed E-state index contributed by atoms with van der Waals surface area (Å²) in [4.78, 5) is 11.6. The van der Waals surface area contributed by atoms with E-state index in [1.54, 1.807) is 0 Å². The predicted octanol–water partition coefficient (Wildman–Crippen LogP) is 2.38. The molecule has 0 bridgehead atoms. The van der Waals surface area contributed by atoms with E-state index < -0.39 is 11.4 Å².